The molecule has 3 rings (SSSR count). The lowest BCUT2D eigenvalue weighted by Gasteiger charge is -2.10. The van der Waals surface area contributed by atoms with Crippen molar-refractivity contribution in [2.75, 3.05) is 0 Å². The summed E-state index contributed by atoms with van der Waals surface area (Å²) in [5.74, 6) is 0. The number of alkyl halides is 3. The Morgan fingerprint density at radius 2 is 2.00 bits per heavy atom. The number of rotatable bonds is 2. The first-order chi connectivity index (χ1) is 10.3. The summed E-state index contributed by atoms with van der Waals surface area (Å²) in [6.07, 6.45) is -4.50. The summed E-state index contributed by atoms with van der Waals surface area (Å²) in [5, 5.41) is 6.92. The van der Waals surface area contributed by atoms with Crippen molar-refractivity contribution in [3.63, 3.8) is 0 Å². The monoisotopic (exact) mass is 310 g/mol. The maximum Gasteiger partial charge on any atom is 0.416 e. The van der Waals surface area contributed by atoms with Crippen LogP contribution in [-0.4, -0.2) is 20.3 Å². The zero-order valence-electron chi connectivity index (χ0n) is 11.2. The molecule has 0 aliphatic carbocycles. The maximum absolute atomic E-state index is 12.8. The van der Waals surface area contributed by atoms with E-state index in [0.717, 1.165) is 12.1 Å². The molecule has 2 aromatic heterocycles. The third kappa shape index (κ3) is 2.69. The summed E-state index contributed by atoms with van der Waals surface area (Å²) in [5.41, 5.74) is -0.290. The molecule has 0 aliphatic heterocycles. The summed E-state index contributed by atoms with van der Waals surface area (Å²) in [7, 11) is 0. The van der Waals surface area contributed by atoms with Gasteiger partial charge in [0.05, 0.1) is 5.56 Å². The molecule has 2 heterocycles. The van der Waals surface area contributed by atoms with Crippen LogP contribution in [-0.2, 0) is 12.6 Å². The quantitative estimate of drug-likeness (QED) is 0.784. The average Bonchev–Trinajstić information content (AvgIpc) is 2.84. The smallest absolute Gasteiger partial charge is 0.299 e. The predicted octanol–water partition coefficient (Wildman–Crippen LogP) is 2.22. The van der Waals surface area contributed by atoms with Crippen LogP contribution in [0.3, 0.4) is 0 Å². The van der Waals surface area contributed by atoms with Crippen LogP contribution in [0.25, 0.3) is 11.3 Å². The van der Waals surface area contributed by atoms with Crippen molar-refractivity contribution in [1.29, 1.82) is 0 Å². The number of hydrogen-bond acceptors (Lipinski definition) is 5. The van der Waals surface area contributed by atoms with E-state index in [1.807, 2.05) is 0 Å². The topological polar surface area (TPSA) is 84.7 Å². The molecule has 0 atom stereocenters. The van der Waals surface area contributed by atoms with Crippen LogP contribution in [0.15, 0.2) is 27.6 Å². The largest absolute Gasteiger partial charge is 0.416 e. The molecule has 22 heavy (non-hydrogen) atoms. The normalized spacial score (nSPS) is 12.0. The van der Waals surface area contributed by atoms with E-state index >= 15 is 0 Å². The van der Waals surface area contributed by atoms with E-state index < -0.39 is 17.3 Å². The average molecular weight is 310 g/mol. The Bertz CT molecular complexity index is 898. The lowest BCUT2D eigenvalue weighted by Crippen LogP contribution is -2.16. The second-order valence-corrected chi connectivity index (χ2v) is 4.83. The lowest BCUT2D eigenvalue weighted by molar-refractivity contribution is -0.137. The van der Waals surface area contributed by atoms with Gasteiger partial charge in [-0.3, -0.25) is 9.78 Å². The molecule has 1 aromatic carbocycles. The van der Waals surface area contributed by atoms with Crippen molar-refractivity contribution < 1.29 is 17.8 Å². The summed E-state index contributed by atoms with van der Waals surface area (Å²) in [6.45, 7) is 1.56. The van der Waals surface area contributed by atoms with Crippen LogP contribution in [0.4, 0.5) is 13.2 Å². The van der Waals surface area contributed by atoms with Gasteiger partial charge in [0.2, 0.25) is 11.3 Å². The third-order valence-corrected chi connectivity index (χ3v) is 3.04. The van der Waals surface area contributed by atoms with Crippen LogP contribution in [0.5, 0.6) is 0 Å². The number of nitrogens with one attached hydrogen (secondary N) is 1. The summed E-state index contributed by atoms with van der Waals surface area (Å²) in [4.78, 5) is 18.2. The minimum atomic E-state index is -4.44. The summed E-state index contributed by atoms with van der Waals surface area (Å²) in [6, 6.07) is 3.62. The number of aromatic nitrogens is 4. The first-order valence-corrected chi connectivity index (χ1v) is 6.22. The highest BCUT2D eigenvalue weighted by Crippen LogP contribution is 2.30. The van der Waals surface area contributed by atoms with Crippen LogP contribution in [0.2, 0.25) is 0 Å². The minimum absolute atomic E-state index is 0.0434. The number of hydrogen-bond donors (Lipinski definition) is 1. The standard InChI is InChI=1S/C13H9F3N4O2/c1-6-2-7(4-8(3-6)13(14,15)16)5-9-12(21)18-11-10(17-9)19-22-20-11/h2-4H,5H2,1H3,(H,18,20,21). The van der Waals surface area contributed by atoms with Gasteiger partial charge in [-0.05, 0) is 34.9 Å². The zero-order valence-corrected chi connectivity index (χ0v) is 11.2. The van der Waals surface area contributed by atoms with Crippen molar-refractivity contribution in [2.24, 2.45) is 0 Å². The molecule has 3 aromatic rings. The Kier molecular flexibility index (Phi) is 3.19. The van der Waals surface area contributed by atoms with Gasteiger partial charge in [-0.2, -0.15) is 13.2 Å². The number of nitrogens with zero attached hydrogens (tertiary/aromatic N) is 3. The molecule has 0 amide bonds. The van der Waals surface area contributed by atoms with Crippen molar-refractivity contribution in [2.45, 2.75) is 19.5 Å². The number of benzene rings is 1. The molecule has 6 nitrogen and oxygen atoms in total. The molecular formula is C13H9F3N4O2. The second-order valence-electron chi connectivity index (χ2n) is 4.83. The Morgan fingerprint density at radius 3 is 2.73 bits per heavy atom. The van der Waals surface area contributed by atoms with E-state index in [1.54, 1.807) is 13.0 Å². The highest BCUT2D eigenvalue weighted by molar-refractivity contribution is 5.62. The number of aromatic amines is 1. The highest BCUT2D eigenvalue weighted by atomic mass is 19.4. The molecule has 0 unspecified atom stereocenters. The SMILES string of the molecule is Cc1cc(Cc2nc3nonc3[nH]c2=O)cc(C(F)(F)F)c1. The van der Waals surface area contributed by atoms with E-state index in [9.17, 15) is 18.0 Å². The molecule has 0 saturated heterocycles. The van der Waals surface area contributed by atoms with E-state index in [0.29, 0.717) is 11.1 Å². The molecule has 1 N–H and O–H groups in total. The Balaban J connectivity index is 2.03. The minimum Gasteiger partial charge on any atom is -0.299 e. The van der Waals surface area contributed by atoms with Gasteiger partial charge in [0.1, 0.15) is 5.69 Å². The van der Waals surface area contributed by atoms with E-state index in [2.05, 4.69) is 24.9 Å². The van der Waals surface area contributed by atoms with Gasteiger partial charge >= 0.3 is 6.18 Å². The molecule has 0 saturated carbocycles. The zero-order chi connectivity index (χ0) is 15.9. The number of H-pyrrole nitrogens is 1. The summed E-state index contributed by atoms with van der Waals surface area (Å²) < 4.78 is 42.9. The van der Waals surface area contributed by atoms with Crippen molar-refractivity contribution in [3.05, 3.63) is 50.9 Å². The van der Waals surface area contributed by atoms with Crippen LogP contribution >= 0.6 is 0 Å². The lowest BCUT2D eigenvalue weighted by atomic mass is 10.0. The molecule has 0 fully saturated rings. The third-order valence-electron chi connectivity index (χ3n) is 3.04. The van der Waals surface area contributed by atoms with Gasteiger partial charge in [0, 0.05) is 6.42 Å². The molecule has 0 aliphatic rings. The first kappa shape index (κ1) is 14.2. The van der Waals surface area contributed by atoms with E-state index in [-0.39, 0.29) is 23.4 Å². The Labute approximate surface area is 120 Å². The van der Waals surface area contributed by atoms with Gasteiger partial charge in [-0.15, -0.1) is 0 Å². The van der Waals surface area contributed by atoms with Gasteiger partial charge in [0.25, 0.3) is 5.56 Å². The highest BCUT2D eigenvalue weighted by Gasteiger charge is 2.30. The van der Waals surface area contributed by atoms with Crippen molar-refractivity contribution >= 4 is 11.3 Å². The van der Waals surface area contributed by atoms with Crippen LogP contribution < -0.4 is 5.56 Å². The second kappa shape index (κ2) is 4.93. The number of fused-ring (bicyclic) bond motifs is 1. The number of halogens is 3. The Hall–Kier alpha value is -2.71. The van der Waals surface area contributed by atoms with Gasteiger partial charge in [0.15, 0.2) is 0 Å². The van der Waals surface area contributed by atoms with Crippen molar-refractivity contribution in [3.8, 4) is 0 Å². The molecule has 0 bridgehead atoms. The van der Waals surface area contributed by atoms with E-state index in [4.69, 9.17) is 0 Å². The van der Waals surface area contributed by atoms with Gasteiger partial charge < -0.3 is 0 Å². The predicted molar refractivity (Wildman–Crippen MR) is 69.2 cm³/mol. The molecule has 9 heteroatoms. The first-order valence-electron chi connectivity index (χ1n) is 6.22. The number of aryl methyl sites for hydroxylation is 1. The van der Waals surface area contributed by atoms with Crippen LogP contribution in [0.1, 0.15) is 22.4 Å². The maximum atomic E-state index is 12.8. The molecule has 114 valence electrons. The molecular weight excluding hydrogens is 301 g/mol. The fourth-order valence-corrected chi connectivity index (χ4v) is 2.14. The Morgan fingerprint density at radius 1 is 1.23 bits per heavy atom. The fraction of sp³-hybridized carbons (Fsp3) is 0.231. The van der Waals surface area contributed by atoms with Crippen LogP contribution in [0, 0.1) is 6.92 Å². The van der Waals surface area contributed by atoms with Gasteiger partial charge in [-0.25, -0.2) is 9.61 Å². The fourth-order valence-electron chi connectivity index (χ4n) is 2.14. The van der Waals surface area contributed by atoms with E-state index in [1.165, 1.54) is 0 Å². The summed E-state index contributed by atoms with van der Waals surface area (Å²) >= 11 is 0. The molecule has 0 spiro atoms. The molecule has 0 radical (unpaired) electrons. The van der Waals surface area contributed by atoms with Crippen molar-refractivity contribution in [1.82, 2.24) is 20.3 Å². The van der Waals surface area contributed by atoms with Gasteiger partial charge in [-0.1, -0.05) is 11.6 Å².